The highest BCUT2D eigenvalue weighted by Crippen LogP contribution is 2.52. The van der Waals surface area contributed by atoms with Gasteiger partial charge in [-0.3, -0.25) is 0 Å². The van der Waals surface area contributed by atoms with Gasteiger partial charge >= 0.3 is 0 Å². The van der Waals surface area contributed by atoms with Crippen molar-refractivity contribution in [2.24, 2.45) is 0 Å². The van der Waals surface area contributed by atoms with E-state index in [1.54, 1.807) is 0 Å². The molecule has 2 aliphatic heterocycles. The largest absolute Gasteiger partial charge is 0.311 e. The minimum Gasteiger partial charge on any atom is -0.311 e. The highest BCUT2D eigenvalue weighted by molar-refractivity contribution is 7.26. The van der Waals surface area contributed by atoms with Crippen molar-refractivity contribution in [1.29, 1.82) is 0 Å². The molecule has 0 saturated heterocycles. The standard InChI is InChI=1S/C58H63BN2S/c1-54(2,3)38-19-24-41(25-20-38)60-47-35-45-44(57(10,11)29-30-58(45,12)13)34-46(47)59-51-43-33-40(56(7,8)9)23-28-50(43)62-53(51)61(42-26-21-39(22-27-42)55(4,5)6)49-32-37(31-48(60)52(49)59)36-17-15-14-16-18-36/h14-28,31-35H,29-30H2,1-13H3. The van der Waals surface area contributed by atoms with Gasteiger partial charge in [0.15, 0.2) is 0 Å². The molecule has 7 aromatic rings. The summed E-state index contributed by atoms with van der Waals surface area (Å²) in [7, 11) is 0. The quantitative estimate of drug-likeness (QED) is 0.164. The Hall–Kier alpha value is -5.06. The second kappa shape index (κ2) is 13.7. The van der Waals surface area contributed by atoms with Crippen LogP contribution in [0.3, 0.4) is 0 Å². The summed E-state index contributed by atoms with van der Waals surface area (Å²) < 4.78 is 1.35. The SMILES string of the molecule is CC(C)(C)c1ccc(N2c3cc4c(cc3B3c5c2cc(-c2ccccc2)cc5N(c2ccc(C(C)(C)C)cc2)c2sc5ccc(C(C)(C)C)cc5c23)C(C)(C)CCC4(C)C)cc1. The van der Waals surface area contributed by atoms with E-state index >= 15 is 0 Å². The highest BCUT2D eigenvalue weighted by atomic mass is 32.1. The lowest BCUT2D eigenvalue weighted by Gasteiger charge is -2.47. The first-order valence-corrected chi connectivity index (χ1v) is 23.7. The molecule has 0 fully saturated rings. The number of anilines is 6. The van der Waals surface area contributed by atoms with E-state index in [4.69, 9.17) is 0 Å². The van der Waals surface area contributed by atoms with Gasteiger partial charge in [-0.15, -0.1) is 11.3 Å². The number of hydrogen-bond acceptors (Lipinski definition) is 3. The van der Waals surface area contributed by atoms with Gasteiger partial charge in [0.2, 0.25) is 0 Å². The van der Waals surface area contributed by atoms with Gasteiger partial charge in [-0.2, -0.15) is 0 Å². The maximum absolute atomic E-state index is 2.68. The summed E-state index contributed by atoms with van der Waals surface area (Å²) in [5.41, 5.74) is 20.3. The smallest absolute Gasteiger partial charge is 0.254 e. The molecule has 2 nitrogen and oxygen atoms in total. The van der Waals surface area contributed by atoms with Crippen molar-refractivity contribution < 1.29 is 0 Å². The van der Waals surface area contributed by atoms with Gasteiger partial charge in [0.25, 0.3) is 6.71 Å². The third-order valence-corrected chi connectivity index (χ3v) is 15.8. The van der Waals surface area contributed by atoms with Crippen molar-refractivity contribution in [1.82, 2.24) is 0 Å². The number of hydrogen-bond donors (Lipinski definition) is 0. The second-order valence-electron chi connectivity index (χ2n) is 23.0. The van der Waals surface area contributed by atoms with E-state index in [-0.39, 0.29) is 33.8 Å². The Balaban J connectivity index is 1.37. The summed E-state index contributed by atoms with van der Waals surface area (Å²) >= 11 is 1.96. The molecule has 3 heterocycles. The first-order chi connectivity index (χ1) is 29.1. The molecule has 0 radical (unpaired) electrons. The van der Waals surface area contributed by atoms with Crippen LogP contribution >= 0.6 is 11.3 Å². The number of thiophene rings is 1. The Morgan fingerprint density at radius 3 is 1.53 bits per heavy atom. The molecular weight excluding hydrogens is 768 g/mol. The van der Waals surface area contributed by atoms with Crippen molar-refractivity contribution in [2.45, 2.75) is 130 Å². The Morgan fingerprint density at radius 2 is 0.984 bits per heavy atom. The van der Waals surface area contributed by atoms with Crippen LogP contribution in [-0.2, 0) is 27.1 Å². The van der Waals surface area contributed by atoms with Crippen molar-refractivity contribution in [3.05, 3.63) is 149 Å². The van der Waals surface area contributed by atoms with Crippen molar-refractivity contribution in [3.8, 4) is 11.1 Å². The van der Waals surface area contributed by atoms with Crippen LogP contribution in [0.2, 0.25) is 0 Å². The highest BCUT2D eigenvalue weighted by Gasteiger charge is 2.48. The summed E-state index contributed by atoms with van der Waals surface area (Å²) in [5, 5.41) is 2.71. The van der Waals surface area contributed by atoms with E-state index < -0.39 is 0 Å². The Kier molecular flexibility index (Phi) is 9.07. The van der Waals surface area contributed by atoms with Crippen molar-refractivity contribution >= 4 is 78.0 Å². The van der Waals surface area contributed by atoms with Gasteiger partial charge in [-0.05, 0) is 149 Å². The lowest BCUT2D eigenvalue weighted by atomic mass is 9.33. The van der Waals surface area contributed by atoms with Crippen molar-refractivity contribution in [3.63, 3.8) is 0 Å². The molecule has 3 aliphatic rings. The second-order valence-corrected chi connectivity index (χ2v) is 24.0. The maximum Gasteiger partial charge on any atom is 0.254 e. The Morgan fingerprint density at radius 1 is 0.484 bits per heavy atom. The summed E-state index contributed by atoms with van der Waals surface area (Å²) in [5.74, 6) is 0. The van der Waals surface area contributed by atoms with Gasteiger partial charge in [0, 0.05) is 33.1 Å². The van der Waals surface area contributed by atoms with E-state index in [0.29, 0.717) is 0 Å². The van der Waals surface area contributed by atoms with Gasteiger partial charge in [0.05, 0.1) is 5.00 Å². The zero-order valence-electron chi connectivity index (χ0n) is 39.3. The van der Waals surface area contributed by atoms with Crippen LogP contribution in [-0.4, -0.2) is 6.71 Å². The lowest BCUT2D eigenvalue weighted by Crippen LogP contribution is -2.61. The van der Waals surface area contributed by atoms with E-state index in [1.165, 1.54) is 112 Å². The van der Waals surface area contributed by atoms with Crippen molar-refractivity contribution in [2.75, 3.05) is 9.80 Å². The molecule has 1 aliphatic carbocycles. The summed E-state index contributed by atoms with van der Waals surface area (Å²) in [6.07, 6.45) is 2.35. The zero-order valence-corrected chi connectivity index (χ0v) is 40.2. The third kappa shape index (κ3) is 6.49. The molecule has 0 amide bonds. The van der Waals surface area contributed by atoms with Gasteiger partial charge in [-0.1, -0.05) is 163 Å². The zero-order chi connectivity index (χ0) is 43.9. The summed E-state index contributed by atoms with van der Waals surface area (Å²) in [4.78, 5) is 5.27. The normalized spacial score (nSPS) is 16.5. The molecule has 314 valence electrons. The number of rotatable bonds is 3. The molecule has 62 heavy (non-hydrogen) atoms. The van der Waals surface area contributed by atoms with Crippen LogP contribution in [0.25, 0.3) is 21.2 Å². The molecule has 4 heteroatoms. The van der Waals surface area contributed by atoms with E-state index in [9.17, 15) is 0 Å². The molecule has 0 unspecified atom stereocenters. The molecule has 0 bridgehead atoms. The molecule has 0 N–H and O–H groups in total. The molecule has 0 atom stereocenters. The Bertz CT molecular complexity index is 2890. The van der Waals surface area contributed by atoms with Crippen LogP contribution in [0.4, 0.5) is 33.4 Å². The predicted molar refractivity (Wildman–Crippen MR) is 273 cm³/mol. The van der Waals surface area contributed by atoms with Gasteiger partial charge in [0.1, 0.15) is 0 Å². The molecule has 10 rings (SSSR count). The molecule has 0 saturated carbocycles. The molecule has 6 aromatic carbocycles. The van der Waals surface area contributed by atoms with E-state index in [1.807, 2.05) is 11.3 Å². The lowest BCUT2D eigenvalue weighted by molar-refractivity contribution is 0.332. The fourth-order valence-electron chi connectivity index (χ4n) is 10.6. The first-order valence-electron chi connectivity index (χ1n) is 22.9. The van der Waals surface area contributed by atoms with Crippen LogP contribution in [0, 0.1) is 0 Å². The fourth-order valence-corrected chi connectivity index (χ4v) is 11.9. The average Bonchev–Trinajstić information content (AvgIpc) is 3.60. The number of benzene rings is 6. The topological polar surface area (TPSA) is 6.48 Å². The van der Waals surface area contributed by atoms with Crippen LogP contribution in [0.5, 0.6) is 0 Å². The third-order valence-electron chi connectivity index (χ3n) is 14.6. The number of nitrogens with zero attached hydrogens (tertiary/aromatic N) is 2. The number of fused-ring (bicyclic) bond motifs is 7. The molecular formula is C58H63BN2S. The van der Waals surface area contributed by atoms with Gasteiger partial charge in [-0.25, -0.2) is 0 Å². The first kappa shape index (κ1) is 41.0. The fraction of sp³-hybridized carbons (Fsp3) is 0.345. The monoisotopic (exact) mass is 830 g/mol. The summed E-state index contributed by atoms with van der Waals surface area (Å²) in [6, 6.07) is 47.6. The maximum atomic E-state index is 2.68. The molecule has 0 spiro atoms. The Labute approximate surface area is 376 Å². The minimum absolute atomic E-state index is 0.0168. The van der Waals surface area contributed by atoms with E-state index in [0.717, 1.165) is 0 Å². The minimum atomic E-state index is 0.0168. The van der Waals surface area contributed by atoms with E-state index in [2.05, 4.69) is 221 Å². The van der Waals surface area contributed by atoms with Crippen LogP contribution < -0.4 is 26.2 Å². The average molecular weight is 831 g/mol. The molecule has 1 aromatic heterocycles. The van der Waals surface area contributed by atoms with Crippen LogP contribution in [0.1, 0.15) is 131 Å². The predicted octanol–water partition coefficient (Wildman–Crippen LogP) is 14.9. The van der Waals surface area contributed by atoms with Gasteiger partial charge < -0.3 is 9.80 Å². The summed E-state index contributed by atoms with van der Waals surface area (Å²) in [6.45, 7) is 30.9. The van der Waals surface area contributed by atoms with Crippen LogP contribution in [0.15, 0.2) is 121 Å².